The maximum atomic E-state index is 13.9. The molecule has 0 atom stereocenters. The fraction of sp³-hybridized carbons (Fsp3) is 0.167. The minimum Gasteiger partial charge on any atom is -0.321 e. The van der Waals surface area contributed by atoms with E-state index in [0.717, 1.165) is 28.5 Å². The average Bonchev–Trinajstić information content (AvgIpc) is 3.28. The molecule has 0 aliphatic heterocycles. The lowest BCUT2D eigenvalue weighted by Gasteiger charge is -2.13. The number of benzene rings is 3. The molecule has 0 spiro atoms. The molecule has 0 radical (unpaired) electrons. The molecule has 2 heterocycles. The van der Waals surface area contributed by atoms with E-state index in [9.17, 15) is 22.8 Å². The van der Waals surface area contributed by atoms with E-state index in [1.54, 1.807) is 17.6 Å². The van der Waals surface area contributed by atoms with Crippen LogP contribution >= 0.6 is 34.7 Å². The van der Waals surface area contributed by atoms with Gasteiger partial charge in [-0.1, -0.05) is 78.0 Å². The van der Waals surface area contributed by atoms with E-state index in [-0.39, 0.29) is 21.5 Å². The first kappa shape index (κ1) is 28.9. The number of fused-ring (bicyclic) bond motifs is 1. The van der Waals surface area contributed by atoms with Crippen molar-refractivity contribution in [2.45, 2.75) is 37.0 Å². The molecular weight excluding hydrogens is 591 g/mol. The molecule has 3 aromatic carbocycles. The Kier molecular flexibility index (Phi) is 8.53. The molecule has 0 unspecified atom stereocenters. The predicted octanol–water partition coefficient (Wildman–Crippen LogP) is 8.23. The Balaban J connectivity index is 1.52. The van der Waals surface area contributed by atoms with Gasteiger partial charge in [0, 0.05) is 17.3 Å². The van der Waals surface area contributed by atoms with Crippen LogP contribution < -0.4 is 10.9 Å². The molecule has 210 valence electrons. The summed E-state index contributed by atoms with van der Waals surface area (Å²) in [7, 11) is 0. The number of hydrogen-bond donors (Lipinski definition) is 1. The van der Waals surface area contributed by atoms with Crippen molar-refractivity contribution in [1.82, 2.24) is 9.55 Å². The van der Waals surface area contributed by atoms with Crippen molar-refractivity contribution in [3.05, 3.63) is 121 Å². The van der Waals surface area contributed by atoms with Gasteiger partial charge in [-0.05, 0) is 54.3 Å². The van der Waals surface area contributed by atoms with Crippen LogP contribution in [0.1, 0.15) is 31.9 Å². The number of anilines is 1. The van der Waals surface area contributed by atoms with Crippen LogP contribution in [0.4, 0.5) is 18.9 Å². The van der Waals surface area contributed by atoms with Crippen molar-refractivity contribution >= 4 is 56.5 Å². The van der Waals surface area contributed by atoms with E-state index in [4.69, 9.17) is 16.6 Å². The zero-order valence-corrected chi connectivity index (χ0v) is 24.1. The number of para-hydroxylation sites is 1. The third-order valence-electron chi connectivity index (χ3n) is 6.43. The maximum Gasteiger partial charge on any atom is 0.418 e. The minimum absolute atomic E-state index is 0.133. The van der Waals surface area contributed by atoms with Crippen LogP contribution in [-0.4, -0.2) is 15.5 Å². The van der Waals surface area contributed by atoms with Gasteiger partial charge in [0.05, 0.1) is 21.5 Å². The lowest BCUT2D eigenvalue weighted by atomic mass is 10.1. The Bertz CT molecular complexity index is 1790. The summed E-state index contributed by atoms with van der Waals surface area (Å²) in [6.45, 7) is 1.98. The quantitative estimate of drug-likeness (QED) is 0.141. The highest BCUT2D eigenvalue weighted by Crippen LogP contribution is 2.36. The molecule has 5 nitrogen and oxygen atoms in total. The molecule has 5 rings (SSSR count). The van der Waals surface area contributed by atoms with E-state index in [0.29, 0.717) is 39.3 Å². The van der Waals surface area contributed by atoms with Gasteiger partial charge >= 0.3 is 6.18 Å². The third kappa shape index (κ3) is 6.50. The highest BCUT2D eigenvalue weighted by atomic mass is 35.5. The lowest BCUT2D eigenvalue weighted by molar-refractivity contribution is -0.136. The second-order valence-electron chi connectivity index (χ2n) is 9.24. The van der Waals surface area contributed by atoms with Crippen molar-refractivity contribution in [2.24, 2.45) is 0 Å². The number of thiophene rings is 1. The first-order chi connectivity index (χ1) is 19.6. The Labute approximate surface area is 247 Å². The number of carbonyl (C=O) groups is 1. The highest BCUT2D eigenvalue weighted by molar-refractivity contribution is 7.98. The van der Waals surface area contributed by atoms with Crippen molar-refractivity contribution < 1.29 is 18.0 Å². The monoisotopic (exact) mass is 613 g/mol. The molecule has 1 amide bonds. The van der Waals surface area contributed by atoms with Crippen LogP contribution in [0, 0.1) is 6.92 Å². The molecule has 0 aliphatic carbocycles. The van der Waals surface area contributed by atoms with E-state index in [1.807, 2.05) is 48.5 Å². The smallest absolute Gasteiger partial charge is 0.321 e. The Morgan fingerprint density at radius 2 is 1.73 bits per heavy atom. The lowest BCUT2D eigenvalue weighted by Crippen LogP contribution is -2.24. The van der Waals surface area contributed by atoms with E-state index in [2.05, 4.69) is 5.32 Å². The molecular formula is C30H23ClF3N3O2S2. The van der Waals surface area contributed by atoms with Gasteiger partial charge in [-0.3, -0.25) is 14.2 Å². The molecule has 0 fully saturated rings. The molecule has 41 heavy (non-hydrogen) atoms. The summed E-state index contributed by atoms with van der Waals surface area (Å²) in [5, 5.41) is 3.74. The number of rotatable bonds is 8. The van der Waals surface area contributed by atoms with Gasteiger partial charge in [-0.2, -0.15) is 13.2 Å². The number of alkyl halides is 3. The van der Waals surface area contributed by atoms with Gasteiger partial charge in [-0.25, -0.2) is 4.98 Å². The molecule has 5 aromatic rings. The number of hydrogen-bond acceptors (Lipinski definition) is 5. The van der Waals surface area contributed by atoms with Gasteiger partial charge in [0.25, 0.3) is 11.5 Å². The SMILES string of the molecule is Cc1c(C(=O)Nc2ccccc2C(F)(F)F)sc2nc(SCc3cccc(Cl)c3)n(CCc3ccccc3)c(=O)c12. The summed E-state index contributed by atoms with van der Waals surface area (Å²) in [6, 6.07) is 21.9. The number of carbonyl (C=O) groups excluding carboxylic acids is 1. The zero-order chi connectivity index (χ0) is 29.1. The van der Waals surface area contributed by atoms with E-state index < -0.39 is 17.6 Å². The van der Waals surface area contributed by atoms with Crippen LogP contribution in [0.25, 0.3) is 10.2 Å². The van der Waals surface area contributed by atoms with Crippen molar-refractivity contribution in [3.8, 4) is 0 Å². The van der Waals surface area contributed by atoms with Crippen LogP contribution in [0.5, 0.6) is 0 Å². The first-order valence-corrected chi connectivity index (χ1v) is 14.7. The van der Waals surface area contributed by atoms with Crippen molar-refractivity contribution in [3.63, 3.8) is 0 Å². The van der Waals surface area contributed by atoms with Gasteiger partial charge in [0.15, 0.2) is 5.16 Å². The minimum atomic E-state index is -4.64. The Morgan fingerprint density at radius 3 is 2.46 bits per heavy atom. The topological polar surface area (TPSA) is 64.0 Å². The number of thioether (sulfide) groups is 1. The molecule has 0 aliphatic rings. The van der Waals surface area contributed by atoms with E-state index >= 15 is 0 Å². The summed E-state index contributed by atoms with van der Waals surface area (Å²) in [5.74, 6) is -0.221. The molecule has 11 heteroatoms. The predicted molar refractivity (Wildman–Crippen MR) is 159 cm³/mol. The molecule has 2 aromatic heterocycles. The number of halogens is 4. The third-order valence-corrected chi connectivity index (χ3v) is 8.89. The summed E-state index contributed by atoms with van der Waals surface area (Å²) in [4.78, 5) is 32.3. The number of aryl methyl sites for hydroxylation is 2. The highest BCUT2D eigenvalue weighted by Gasteiger charge is 2.34. The van der Waals surface area contributed by atoms with Gasteiger partial charge in [0.2, 0.25) is 0 Å². The Hall–Kier alpha value is -3.60. The van der Waals surface area contributed by atoms with Crippen LogP contribution in [-0.2, 0) is 24.9 Å². The maximum absolute atomic E-state index is 13.9. The zero-order valence-electron chi connectivity index (χ0n) is 21.7. The fourth-order valence-corrected chi connectivity index (χ4v) is 6.70. The molecule has 1 N–H and O–H groups in total. The van der Waals surface area contributed by atoms with Crippen LogP contribution in [0.3, 0.4) is 0 Å². The van der Waals surface area contributed by atoms with E-state index in [1.165, 1.54) is 30.0 Å². The normalized spacial score (nSPS) is 11.6. The second-order valence-corrected chi connectivity index (χ2v) is 11.6. The molecule has 0 saturated carbocycles. The van der Waals surface area contributed by atoms with Crippen LogP contribution in [0.2, 0.25) is 5.02 Å². The average molecular weight is 614 g/mol. The molecule has 0 saturated heterocycles. The fourth-order valence-electron chi connectivity index (χ4n) is 4.40. The van der Waals surface area contributed by atoms with Gasteiger partial charge in [-0.15, -0.1) is 11.3 Å². The van der Waals surface area contributed by atoms with Crippen LogP contribution in [0.15, 0.2) is 88.8 Å². The Morgan fingerprint density at radius 1 is 1.02 bits per heavy atom. The summed E-state index contributed by atoms with van der Waals surface area (Å²) >= 11 is 8.51. The summed E-state index contributed by atoms with van der Waals surface area (Å²) in [5.41, 5.74) is 0.779. The standard InChI is InChI=1S/C30H23ClF3N3O2S2/c1-18-24-27(41-25(18)26(38)35-23-13-6-5-12-22(23)30(32,33)34)36-29(40-17-20-10-7-11-21(31)16-20)37(28(24)39)15-14-19-8-3-2-4-9-19/h2-13,16H,14-15,17H2,1H3,(H,35,38). The largest absolute Gasteiger partial charge is 0.418 e. The number of aromatic nitrogens is 2. The van der Waals surface area contributed by atoms with Crippen molar-refractivity contribution in [2.75, 3.05) is 5.32 Å². The first-order valence-electron chi connectivity index (χ1n) is 12.5. The second kappa shape index (κ2) is 12.1. The molecule has 0 bridgehead atoms. The summed E-state index contributed by atoms with van der Waals surface area (Å²) in [6.07, 6.45) is -4.05. The number of amides is 1. The van der Waals surface area contributed by atoms with Gasteiger partial charge in [0.1, 0.15) is 4.83 Å². The summed E-state index contributed by atoms with van der Waals surface area (Å²) < 4.78 is 42.1. The van der Waals surface area contributed by atoms with Gasteiger partial charge < -0.3 is 5.32 Å². The number of nitrogens with one attached hydrogen (secondary N) is 1. The number of nitrogens with zero attached hydrogens (tertiary/aromatic N) is 2. The van der Waals surface area contributed by atoms with Crippen molar-refractivity contribution in [1.29, 1.82) is 0 Å².